The number of carboxylic acids is 1. The Balaban J connectivity index is 1.26. The monoisotopic (exact) mass is 490 g/mol. The summed E-state index contributed by atoms with van der Waals surface area (Å²) in [5.41, 5.74) is 4.76. The van der Waals surface area contributed by atoms with Crippen LogP contribution in [0, 0.1) is 0 Å². The second-order valence-electron chi connectivity index (χ2n) is 8.80. The van der Waals surface area contributed by atoms with Gasteiger partial charge in [-0.1, -0.05) is 36.4 Å². The van der Waals surface area contributed by atoms with E-state index in [0.717, 1.165) is 66.8 Å². The number of carboxylic acid groups (broad SMARTS) is 1. The fourth-order valence-electron chi connectivity index (χ4n) is 4.84. The Labute approximate surface area is 210 Å². The lowest BCUT2D eigenvalue weighted by atomic mass is 9.98. The van der Waals surface area contributed by atoms with Crippen molar-refractivity contribution in [3.8, 4) is 11.5 Å². The highest BCUT2D eigenvalue weighted by Crippen LogP contribution is 2.44. The van der Waals surface area contributed by atoms with E-state index in [2.05, 4.69) is 40.1 Å². The molecule has 2 heterocycles. The van der Waals surface area contributed by atoms with Crippen molar-refractivity contribution in [1.82, 2.24) is 4.90 Å². The normalized spacial score (nSPS) is 17.6. The molecule has 182 valence electrons. The molecular formula is C28H30N2O4S. The summed E-state index contributed by atoms with van der Waals surface area (Å²) in [6.45, 7) is 5.42. The number of aromatic carboxylic acids is 1. The van der Waals surface area contributed by atoms with Gasteiger partial charge in [-0.15, -0.1) is 11.8 Å². The molecule has 0 bridgehead atoms. The van der Waals surface area contributed by atoms with Crippen LogP contribution in [0.25, 0.3) is 0 Å². The molecule has 6 nitrogen and oxygen atoms in total. The SMILES string of the molecule is COc1ccccc1N1CCN(CCSC2c3ccccc3COc3ccc(C(=O)O)cc32)CC1. The zero-order valence-corrected chi connectivity index (χ0v) is 20.7. The Morgan fingerprint density at radius 2 is 1.80 bits per heavy atom. The zero-order valence-electron chi connectivity index (χ0n) is 19.9. The number of benzene rings is 3. The number of ether oxygens (including phenoxy) is 2. The molecule has 1 fully saturated rings. The smallest absolute Gasteiger partial charge is 0.335 e. The Bertz CT molecular complexity index is 1190. The van der Waals surface area contributed by atoms with Crippen LogP contribution < -0.4 is 14.4 Å². The van der Waals surface area contributed by atoms with E-state index in [1.165, 1.54) is 5.56 Å². The quantitative estimate of drug-likeness (QED) is 0.504. The van der Waals surface area contributed by atoms with Crippen molar-refractivity contribution in [3.05, 3.63) is 89.0 Å². The van der Waals surface area contributed by atoms with Gasteiger partial charge in [-0.3, -0.25) is 4.90 Å². The summed E-state index contributed by atoms with van der Waals surface area (Å²) in [4.78, 5) is 16.5. The lowest BCUT2D eigenvalue weighted by Gasteiger charge is -2.36. The number of nitrogens with zero attached hydrogens (tertiary/aromatic N) is 2. The van der Waals surface area contributed by atoms with Crippen molar-refractivity contribution < 1.29 is 19.4 Å². The average molecular weight is 491 g/mol. The van der Waals surface area contributed by atoms with Gasteiger partial charge in [0.1, 0.15) is 18.1 Å². The van der Waals surface area contributed by atoms with Crippen LogP contribution in [-0.2, 0) is 6.61 Å². The molecule has 1 N–H and O–H groups in total. The van der Waals surface area contributed by atoms with E-state index in [-0.39, 0.29) is 5.25 Å². The Morgan fingerprint density at radius 1 is 1.03 bits per heavy atom. The van der Waals surface area contributed by atoms with Gasteiger partial charge in [-0.05, 0) is 41.5 Å². The van der Waals surface area contributed by atoms with Crippen LogP contribution in [0.15, 0.2) is 66.7 Å². The standard InChI is InChI=1S/C28H30N2O4S/c1-33-26-9-5-4-8-24(26)30-14-12-29(13-15-30)16-17-35-27-22-7-3-2-6-21(22)19-34-25-11-10-20(28(31)32)18-23(25)27/h2-11,18,27H,12-17,19H2,1H3,(H,31,32). The van der Waals surface area contributed by atoms with Crippen LogP contribution in [0.5, 0.6) is 11.5 Å². The van der Waals surface area contributed by atoms with Gasteiger partial charge in [0.05, 0.1) is 23.6 Å². The number of rotatable bonds is 7. The maximum absolute atomic E-state index is 11.6. The summed E-state index contributed by atoms with van der Waals surface area (Å²) in [5.74, 6) is 1.73. The fourth-order valence-corrected chi connectivity index (χ4v) is 6.22. The highest BCUT2D eigenvalue weighted by Gasteiger charge is 2.27. The van der Waals surface area contributed by atoms with Crippen LogP contribution in [0.4, 0.5) is 5.69 Å². The molecule has 7 heteroatoms. The molecule has 0 saturated carbocycles. The van der Waals surface area contributed by atoms with E-state index in [1.54, 1.807) is 25.3 Å². The minimum Gasteiger partial charge on any atom is -0.495 e. The minimum atomic E-state index is -0.915. The van der Waals surface area contributed by atoms with Crippen LogP contribution in [0.1, 0.15) is 32.3 Å². The van der Waals surface area contributed by atoms with E-state index in [0.29, 0.717) is 12.2 Å². The molecule has 1 saturated heterocycles. The molecule has 3 aromatic rings. The second kappa shape index (κ2) is 10.6. The second-order valence-corrected chi connectivity index (χ2v) is 10.0. The number of hydrogen-bond acceptors (Lipinski definition) is 6. The first-order valence-electron chi connectivity index (χ1n) is 11.9. The summed E-state index contributed by atoms with van der Waals surface area (Å²) >= 11 is 1.87. The third-order valence-corrected chi connectivity index (χ3v) is 8.01. The molecule has 1 unspecified atom stereocenters. The summed E-state index contributed by atoms with van der Waals surface area (Å²) in [5, 5.41) is 9.59. The first kappa shape index (κ1) is 23.6. The zero-order chi connectivity index (χ0) is 24.2. The number of thioether (sulfide) groups is 1. The minimum absolute atomic E-state index is 0.0397. The lowest BCUT2D eigenvalue weighted by Crippen LogP contribution is -2.47. The maximum Gasteiger partial charge on any atom is 0.335 e. The van der Waals surface area contributed by atoms with Crippen LogP contribution >= 0.6 is 11.8 Å². The molecule has 1 atom stereocenters. The number of fused-ring (bicyclic) bond motifs is 2. The van der Waals surface area contributed by atoms with Gasteiger partial charge >= 0.3 is 5.97 Å². The largest absolute Gasteiger partial charge is 0.495 e. The van der Waals surface area contributed by atoms with Crippen molar-refractivity contribution in [2.75, 3.05) is 50.5 Å². The number of anilines is 1. The Hall–Kier alpha value is -3.16. The Morgan fingerprint density at radius 3 is 2.60 bits per heavy atom. The lowest BCUT2D eigenvalue weighted by molar-refractivity contribution is 0.0696. The molecule has 0 spiro atoms. The van der Waals surface area contributed by atoms with Crippen molar-refractivity contribution in [2.24, 2.45) is 0 Å². The first-order valence-corrected chi connectivity index (χ1v) is 13.0. The van der Waals surface area contributed by atoms with Gasteiger partial charge in [0.15, 0.2) is 0 Å². The molecular weight excluding hydrogens is 460 g/mol. The van der Waals surface area contributed by atoms with Crippen LogP contribution in [0.2, 0.25) is 0 Å². The van der Waals surface area contributed by atoms with Gasteiger partial charge in [-0.2, -0.15) is 0 Å². The van der Waals surface area contributed by atoms with Gasteiger partial charge < -0.3 is 19.5 Å². The van der Waals surface area contributed by atoms with Crippen LogP contribution in [-0.4, -0.2) is 61.6 Å². The number of hydrogen-bond donors (Lipinski definition) is 1. The van der Waals surface area contributed by atoms with E-state index < -0.39 is 5.97 Å². The average Bonchev–Trinajstić information content (AvgIpc) is 3.05. The topological polar surface area (TPSA) is 62.2 Å². The highest BCUT2D eigenvalue weighted by atomic mass is 32.2. The number of carbonyl (C=O) groups is 1. The highest BCUT2D eigenvalue weighted by molar-refractivity contribution is 7.99. The summed E-state index contributed by atoms with van der Waals surface area (Å²) < 4.78 is 11.6. The van der Waals surface area contributed by atoms with Gasteiger partial charge in [-0.25, -0.2) is 4.79 Å². The third-order valence-electron chi connectivity index (χ3n) is 6.75. The van der Waals surface area contributed by atoms with E-state index in [1.807, 2.05) is 30.0 Å². The molecule has 0 amide bonds. The summed E-state index contributed by atoms with van der Waals surface area (Å²) in [7, 11) is 1.72. The molecule has 5 rings (SSSR count). The van der Waals surface area contributed by atoms with Crippen molar-refractivity contribution in [1.29, 1.82) is 0 Å². The molecule has 0 aliphatic carbocycles. The van der Waals surface area contributed by atoms with E-state index in [9.17, 15) is 9.90 Å². The molecule has 35 heavy (non-hydrogen) atoms. The van der Waals surface area contributed by atoms with Crippen LogP contribution in [0.3, 0.4) is 0 Å². The van der Waals surface area contributed by atoms with Gasteiger partial charge in [0.2, 0.25) is 0 Å². The van der Waals surface area contributed by atoms with E-state index >= 15 is 0 Å². The molecule has 2 aliphatic heterocycles. The molecule has 0 radical (unpaired) electrons. The third kappa shape index (κ3) is 5.11. The molecule has 0 aromatic heterocycles. The van der Waals surface area contributed by atoms with Crippen molar-refractivity contribution >= 4 is 23.4 Å². The summed E-state index contributed by atoms with van der Waals surface area (Å²) in [6.07, 6.45) is 0. The molecule has 2 aliphatic rings. The predicted molar refractivity (Wildman–Crippen MR) is 140 cm³/mol. The number of methoxy groups -OCH3 is 1. The predicted octanol–water partition coefficient (Wildman–Crippen LogP) is 4.93. The number of piperazine rings is 1. The van der Waals surface area contributed by atoms with Crippen molar-refractivity contribution in [3.63, 3.8) is 0 Å². The Kier molecular flexibility index (Phi) is 7.16. The van der Waals surface area contributed by atoms with Gasteiger partial charge in [0, 0.05) is 44.0 Å². The van der Waals surface area contributed by atoms with Gasteiger partial charge in [0.25, 0.3) is 0 Å². The summed E-state index contributed by atoms with van der Waals surface area (Å²) in [6, 6.07) is 21.7. The number of para-hydroxylation sites is 2. The fraction of sp³-hybridized carbons (Fsp3) is 0.321. The van der Waals surface area contributed by atoms with Crippen molar-refractivity contribution in [2.45, 2.75) is 11.9 Å². The first-order chi connectivity index (χ1) is 17.1. The van der Waals surface area contributed by atoms with E-state index in [4.69, 9.17) is 9.47 Å². The molecule has 3 aromatic carbocycles. The maximum atomic E-state index is 11.6.